The van der Waals surface area contributed by atoms with Crippen LogP contribution in [0, 0.1) is 10.1 Å². The third-order valence-corrected chi connectivity index (χ3v) is 4.33. The minimum absolute atomic E-state index is 0.00265. The van der Waals surface area contributed by atoms with E-state index in [4.69, 9.17) is 5.73 Å². The number of rotatable bonds is 3. The summed E-state index contributed by atoms with van der Waals surface area (Å²) in [6, 6.07) is 19.6. The zero-order valence-corrected chi connectivity index (χ0v) is 11.8. The summed E-state index contributed by atoms with van der Waals surface area (Å²) in [5.74, 6) is 0. The first kappa shape index (κ1) is 13.3. The first-order valence-electron chi connectivity index (χ1n) is 6.35. The van der Waals surface area contributed by atoms with Crippen molar-refractivity contribution in [1.29, 1.82) is 0 Å². The number of nitrogen functional groups attached to an aromatic ring is 1. The van der Waals surface area contributed by atoms with Crippen LogP contribution in [0.15, 0.2) is 60.7 Å². The molecule has 0 aliphatic heterocycles. The molecule has 1 aromatic heterocycles. The molecule has 21 heavy (non-hydrogen) atoms. The fourth-order valence-electron chi connectivity index (χ4n) is 2.14. The summed E-state index contributed by atoms with van der Waals surface area (Å²) in [4.78, 5) is 11.2. The van der Waals surface area contributed by atoms with Gasteiger partial charge in [-0.1, -0.05) is 65.9 Å². The summed E-state index contributed by atoms with van der Waals surface area (Å²) in [5.41, 5.74) is 9.06. The Hall–Kier alpha value is -2.66. The SMILES string of the molecule is Nc1cc(-c2ccc(-c3ccccc3)cc2)sc1[N+](=O)[O-]. The molecule has 1 heterocycles. The molecule has 0 amide bonds. The van der Waals surface area contributed by atoms with Gasteiger partial charge >= 0.3 is 5.00 Å². The van der Waals surface area contributed by atoms with E-state index in [1.165, 1.54) is 0 Å². The van der Waals surface area contributed by atoms with Gasteiger partial charge in [-0.2, -0.15) is 0 Å². The van der Waals surface area contributed by atoms with E-state index >= 15 is 0 Å². The molecule has 0 atom stereocenters. The van der Waals surface area contributed by atoms with Crippen LogP contribution in [0.4, 0.5) is 10.7 Å². The molecule has 3 rings (SSSR count). The molecule has 0 spiro atoms. The average Bonchev–Trinajstić information content (AvgIpc) is 2.90. The predicted octanol–water partition coefficient (Wildman–Crippen LogP) is 4.57. The molecule has 0 fully saturated rings. The van der Waals surface area contributed by atoms with E-state index < -0.39 is 4.92 Å². The summed E-state index contributed by atoms with van der Waals surface area (Å²) >= 11 is 1.10. The summed E-state index contributed by atoms with van der Waals surface area (Å²) < 4.78 is 0. The van der Waals surface area contributed by atoms with Crippen molar-refractivity contribution in [1.82, 2.24) is 0 Å². The third-order valence-electron chi connectivity index (χ3n) is 3.18. The minimum atomic E-state index is -0.443. The minimum Gasteiger partial charge on any atom is -0.392 e. The number of anilines is 1. The van der Waals surface area contributed by atoms with Gasteiger partial charge < -0.3 is 5.73 Å². The fourth-order valence-corrected chi connectivity index (χ4v) is 3.04. The first-order valence-corrected chi connectivity index (χ1v) is 7.16. The normalized spacial score (nSPS) is 10.5. The monoisotopic (exact) mass is 296 g/mol. The second kappa shape index (κ2) is 5.38. The molecule has 0 radical (unpaired) electrons. The Kier molecular flexibility index (Phi) is 3.41. The van der Waals surface area contributed by atoms with Gasteiger partial charge in [0, 0.05) is 4.88 Å². The Morgan fingerprint density at radius 3 is 2.05 bits per heavy atom. The van der Waals surface area contributed by atoms with Crippen LogP contribution in [0.1, 0.15) is 0 Å². The topological polar surface area (TPSA) is 69.2 Å². The van der Waals surface area contributed by atoms with Crippen LogP contribution >= 0.6 is 11.3 Å². The lowest BCUT2D eigenvalue weighted by Gasteiger charge is -2.02. The van der Waals surface area contributed by atoms with Crippen molar-refractivity contribution in [2.45, 2.75) is 0 Å². The molecule has 0 saturated carbocycles. The maximum absolute atomic E-state index is 10.8. The molecule has 4 nitrogen and oxygen atoms in total. The van der Waals surface area contributed by atoms with Crippen molar-refractivity contribution < 1.29 is 4.92 Å². The average molecular weight is 296 g/mol. The van der Waals surface area contributed by atoms with Crippen LogP contribution < -0.4 is 5.73 Å². The highest BCUT2D eigenvalue weighted by Gasteiger charge is 2.17. The molecule has 2 aromatic carbocycles. The smallest absolute Gasteiger partial charge is 0.347 e. The van der Waals surface area contributed by atoms with Crippen molar-refractivity contribution in [3.05, 3.63) is 70.8 Å². The highest BCUT2D eigenvalue weighted by atomic mass is 32.1. The molecule has 5 heteroatoms. The van der Waals surface area contributed by atoms with E-state index in [0.717, 1.165) is 32.9 Å². The molecule has 0 aliphatic carbocycles. The zero-order valence-electron chi connectivity index (χ0n) is 11.0. The van der Waals surface area contributed by atoms with Crippen molar-refractivity contribution in [2.75, 3.05) is 5.73 Å². The number of nitro groups is 1. The van der Waals surface area contributed by atoms with E-state index in [1.807, 2.05) is 54.6 Å². The second-order valence-corrected chi connectivity index (χ2v) is 5.60. The van der Waals surface area contributed by atoms with Gasteiger partial charge in [0.2, 0.25) is 0 Å². The molecular weight excluding hydrogens is 284 g/mol. The largest absolute Gasteiger partial charge is 0.392 e. The molecule has 0 unspecified atom stereocenters. The zero-order chi connectivity index (χ0) is 14.8. The predicted molar refractivity (Wildman–Crippen MR) is 86.3 cm³/mol. The van der Waals surface area contributed by atoms with E-state index in [-0.39, 0.29) is 10.7 Å². The van der Waals surface area contributed by atoms with Gasteiger partial charge in [0.25, 0.3) is 0 Å². The molecule has 104 valence electrons. The highest BCUT2D eigenvalue weighted by molar-refractivity contribution is 7.19. The van der Waals surface area contributed by atoms with Crippen LogP contribution in [0.5, 0.6) is 0 Å². The summed E-state index contributed by atoms with van der Waals surface area (Å²) in [6.45, 7) is 0. The molecule has 0 bridgehead atoms. The molecule has 0 aliphatic rings. The number of benzene rings is 2. The van der Waals surface area contributed by atoms with Crippen LogP contribution in [0.25, 0.3) is 21.6 Å². The Morgan fingerprint density at radius 1 is 0.905 bits per heavy atom. The van der Waals surface area contributed by atoms with Crippen molar-refractivity contribution in [2.24, 2.45) is 0 Å². The van der Waals surface area contributed by atoms with Gasteiger partial charge in [0.05, 0.1) is 4.92 Å². The fraction of sp³-hybridized carbons (Fsp3) is 0. The Bertz CT molecular complexity index is 780. The lowest BCUT2D eigenvalue weighted by Crippen LogP contribution is -1.89. The second-order valence-electron chi connectivity index (χ2n) is 4.57. The van der Waals surface area contributed by atoms with E-state index in [9.17, 15) is 10.1 Å². The first-order chi connectivity index (χ1) is 10.1. The van der Waals surface area contributed by atoms with E-state index in [1.54, 1.807) is 6.07 Å². The molecular formula is C16H12N2O2S. The van der Waals surface area contributed by atoms with Gasteiger partial charge in [-0.25, -0.2) is 0 Å². The Balaban J connectivity index is 1.94. The Labute approximate surface area is 125 Å². The number of hydrogen-bond donors (Lipinski definition) is 1. The number of nitrogens with zero attached hydrogens (tertiary/aromatic N) is 1. The van der Waals surface area contributed by atoms with Gasteiger partial charge in [-0.3, -0.25) is 10.1 Å². The highest BCUT2D eigenvalue weighted by Crippen LogP contribution is 2.38. The standard InChI is InChI=1S/C16H12N2O2S/c17-14-10-15(21-16(14)18(19)20)13-8-6-12(7-9-13)11-4-2-1-3-5-11/h1-10H,17H2. The maximum atomic E-state index is 10.8. The van der Waals surface area contributed by atoms with Crippen LogP contribution in [0.3, 0.4) is 0 Å². The molecule has 2 N–H and O–H groups in total. The summed E-state index contributed by atoms with van der Waals surface area (Å²) in [7, 11) is 0. The maximum Gasteiger partial charge on any atom is 0.347 e. The van der Waals surface area contributed by atoms with E-state index in [0.29, 0.717) is 0 Å². The van der Waals surface area contributed by atoms with Crippen LogP contribution in [-0.4, -0.2) is 4.92 Å². The van der Waals surface area contributed by atoms with Gasteiger partial charge in [-0.15, -0.1) is 0 Å². The van der Waals surface area contributed by atoms with Crippen molar-refractivity contribution in [3.8, 4) is 21.6 Å². The van der Waals surface area contributed by atoms with Gasteiger partial charge in [-0.05, 0) is 22.8 Å². The number of hydrogen-bond acceptors (Lipinski definition) is 4. The van der Waals surface area contributed by atoms with Crippen molar-refractivity contribution >= 4 is 22.0 Å². The van der Waals surface area contributed by atoms with Gasteiger partial charge in [0.15, 0.2) is 0 Å². The van der Waals surface area contributed by atoms with Crippen LogP contribution in [-0.2, 0) is 0 Å². The van der Waals surface area contributed by atoms with Crippen LogP contribution in [0.2, 0.25) is 0 Å². The summed E-state index contributed by atoms with van der Waals surface area (Å²) in [5, 5.41) is 10.8. The number of thiophene rings is 1. The van der Waals surface area contributed by atoms with Gasteiger partial charge in [0.1, 0.15) is 5.69 Å². The lowest BCUT2D eigenvalue weighted by atomic mass is 10.0. The van der Waals surface area contributed by atoms with E-state index in [2.05, 4.69) is 0 Å². The summed E-state index contributed by atoms with van der Waals surface area (Å²) in [6.07, 6.45) is 0. The quantitative estimate of drug-likeness (QED) is 0.568. The lowest BCUT2D eigenvalue weighted by molar-refractivity contribution is -0.379. The molecule has 3 aromatic rings. The molecule has 0 saturated heterocycles. The Morgan fingerprint density at radius 2 is 1.48 bits per heavy atom. The third kappa shape index (κ3) is 2.64. The number of nitrogens with two attached hydrogens (primary N) is 1. The van der Waals surface area contributed by atoms with Crippen molar-refractivity contribution in [3.63, 3.8) is 0 Å².